The number of methoxy groups -OCH3 is 2. The minimum absolute atomic E-state index is 0.00185. The third-order valence-electron chi connectivity index (χ3n) is 4.49. The number of ether oxygens (including phenoxy) is 2. The minimum Gasteiger partial charge on any atom is -0.494 e. The number of aromatic nitrogens is 2. The zero-order valence-corrected chi connectivity index (χ0v) is 19.3. The maximum absolute atomic E-state index is 14.5. The number of aliphatic imine (C=N–C) groups is 2. The molecule has 0 fully saturated rings. The van der Waals surface area contributed by atoms with E-state index >= 15 is 0 Å². The molecule has 3 aromatic rings. The van der Waals surface area contributed by atoms with Crippen molar-refractivity contribution in [3.05, 3.63) is 59.2 Å². The minimum atomic E-state index is -0.789. The number of benzene rings is 2. The topological polar surface area (TPSA) is 125 Å². The average Bonchev–Trinajstić information content (AvgIpc) is 3.27. The number of hydrogen-bond acceptors (Lipinski definition) is 9. The van der Waals surface area contributed by atoms with Crippen molar-refractivity contribution in [2.45, 2.75) is 13.5 Å². The molecule has 0 aliphatic carbocycles. The van der Waals surface area contributed by atoms with Gasteiger partial charge in [-0.1, -0.05) is 5.16 Å². The predicted molar refractivity (Wildman–Crippen MR) is 125 cm³/mol. The van der Waals surface area contributed by atoms with E-state index in [-0.39, 0.29) is 22.9 Å². The first-order valence-corrected chi connectivity index (χ1v) is 10.9. The van der Waals surface area contributed by atoms with E-state index in [1.54, 1.807) is 43.5 Å². The second-order valence-electron chi connectivity index (χ2n) is 6.59. The summed E-state index contributed by atoms with van der Waals surface area (Å²) in [6.07, 6.45) is 0.951. The summed E-state index contributed by atoms with van der Waals surface area (Å²) < 4.78 is 29.4. The predicted octanol–water partition coefficient (Wildman–Crippen LogP) is 4.30. The van der Waals surface area contributed by atoms with Crippen LogP contribution in [0.1, 0.15) is 17.0 Å². The van der Waals surface area contributed by atoms with Gasteiger partial charge in [0.1, 0.15) is 10.8 Å². The van der Waals surface area contributed by atoms with Crippen molar-refractivity contribution in [2.75, 3.05) is 20.5 Å². The molecule has 1 aromatic heterocycles. The van der Waals surface area contributed by atoms with E-state index in [2.05, 4.69) is 24.9 Å². The van der Waals surface area contributed by atoms with Crippen LogP contribution in [0.2, 0.25) is 0 Å². The second-order valence-corrected chi connectivity index (χ2v) is 7.39. The number of carbonyl (C=O) groups is 1. The van der Waals surface area contributed by atoms with Crippen LogP contribution in [-0.4, -0.2) is 47.5 Å². The van der Waals surface area contributed by atoms with Gasteiger partial charge in [0, 0.05) is 30.2 Å². The molecular weight excluding hydrogens is 449 g/mol. The van der Waals surface area contributed by atoms with Crippen LogP contribution >= 0.6 is 11.8 Å². The fourth-order valence-electron chi connectivity index (χ4n) is 2.88. The standard InChI is InChI=1S/C22H22FN5O4S/c1-12-25-20(28-32-12)13-5-7-16(8-6-13)26-19(21(33-4)27-22(29)31-3)14-9-15(11-24)18(23)17(10-14)30-2/h5-10H,11,24H2,1-4H3/b26-19+,27-21-. The van der Waals surface area contributed by atoms with Gasteiger partial charge in [-0.15, -0.1) is 11.8 Å². The van der Waals surface area contributed by atoms with E-state index < -0.39 is 11.9 Å². The zero-order valence-electron chi connectivity index (χ0n) is 18.5. The Bertz CT molecular complexity index is 1180. The van der Waals surface area contributed by atoms with E-state index in [0.29, 0.717) is 28.7 Å². The monoisotopic (exact) mass is 471 g/mol. The van der Waals surface area contributed by atoms with Crippen molar-refractivity contribution in [2.24, 2.45) is 15.7 Å². The van der Waals surface area contributed by atoms with E-state index in [0.717, 1.165) is 5.56 Å². The normalized spacial score (nSPS) is 12.1. The lowest BCUT2D eigenvalue weighted by Gasteiger charge is -2.13. The fourth-order valence-corrected chi connectivity index (χ4v) is 3.40. The summed E-state index contributed by atoms with van der Waals surface area (Å²) in [5, 5.41) is 4.17. The highest BCUT2D eigenvalue weighted by atomic mass is 32.2. The summed E-state index contributed by atoms with van der Waals surface area (Å²) in [4.78, 5) is 24.7. The molecule has 3 rings (SSSR count). The smallest absolute Gasteiger partial charge is 0.434 e. The highest BCUT2D eigenvalue weighted by Crippen LogP contribution is 2.27. The molecule has 0 saturated heterocycles. The van der Waals surface area contributed by atoms with Gasteiger partial charge in [0.2, 0.25) is 11.7 Å². The molecule has 1 amide bonds. The van der Waals surface area contributed by atoms with E-state index in [4.69, 9.17) is 15.0 Å². The van der Waals surface area contributed by atoms with E-state index in [1.165, 1.54) is 32.0 Å². The number of nitrogens with two attached hydrogens (primary N) is 1. The third kappa shape index (κ3) is 5.62. The molecule has 0 aliphatic heterocycles. The van der Waals surface area contributed by atoms with Crippen molar-refractivity contribution in [1.29, 1.82) is 0 Å². The van der Waals surface area contributed by atoms with Crippen molar-refractivity contribution in [3.63, 3.8) is 0 Å². The number of hydrogen-bond donors (Lipinski definition) is 1. The Morgan fingerprint density at radius 2 is 1.97 bits per heavy atom. The quantitative estimate of drug-likeness (QED) is 0.417. The Morgan fingerprint density at radius 1 is 1.24 bits per heavy atom. The maximum Gasteiger partial charge on any atom is 0.434 e. The van der Waals surface area contributed by atoms with Crippen LogP contribution < -0.4 is 10.5 Å². The lowest BCUT2D eigenvalue weighted by atomic mass is 10.0. The van der Waals surface area contributed by atoms with Gasteiger partial charge in [-0.25, -0.2) is 14.2 Å². The highest BCUT2D eigenvalue weighted by Gasteiger charge is 2.19. The molecule has 1 heterocycles. The first-order chi connectivity index (χ1) is 15.9. The summed E-state index contributed by atoms with van der Waals surface area (Å²) in [5.74, 6) is 0.357. The molecule has 172 valence electrons. The third-order valence-corrected chi connectivity index (χ3v) is 5.16. The van der Waals surface area contributed by atoms with E-state index in [1.807, 2.05) is 0 Å². The first kappa shape index (κ1) is 24.1. The maximum atomic E-state index is 14.5. The molecule has 0 unspecified atom stereocenters. The highest BCUT2D eigenvalue weighted by molar-refractivity contribution is 8.15. The summed E-state index contributed by atoms with van der Waals surface area (Å²) in [5.41, 5.74) is 8.05. The van der Waals surface area contributed by atoms with Crippen LogP contribution in [0.15, 0.2) is 50.9 Å². The Balaban J connectivity index is 2.14. The van der Waals surface area contributed by atoms with Crippen molar-refractivity contribution >= 4 is 34.3 Å². The molecule has 0 saturated carbocycles. The SMILES string of the molecule is COC(=O)/N=C(SC)/C(=N/c1ccc(-c2noc(C)n2)cc1)c1cc(CN)c(F)c(OC)c1. The molecule has 2 aromatic carbocycles. The van der Waals surface area contributed by atoms with Gasteiger partial charge in [-0.05, 0) is 42.7 Å². The molecule has 0 spiro atoms. The Hall–Kier alpha value is -3.57. The molecule has 2 N–H and O–H groups in total. The number of rotatable bonds is 6. The van der Waals surface area contributed by atoms with Crippen molar-refractivity contribution in [3.8, 4) is 17.1 Å². The Morgan fingerprint density at radius 3 is 2.52 bits per heavy atom. The van der Waals surface area contributed by atoms with Gasteiger partial charge in [-0.3, -0.25) is 0 Å². The number of halogens is 1. The summed E-state index contributed by atoms with van der Waals surface area (Å²) in [6.45, 7) is 1.66. The zero-order chi connectivity index (χ0) is 24.0. The summed E-state index contributed by atoms with van der Waals surface area (Å²) in [7, 11) is 2.59. The molecule has 0 radical (unpaired) electrons. The van der Waals surface area contributed by atoms with Gasteiger partial charge in [-0.2, -0.15) is 9.98 Å². The summed E-state index contributed by atoms with van der Waals surface area (Å²) in [6, 6.07) is 10.1. The van der Waals surface area contributed by atoms with Gasteiger partial charge in [0.05, 0.1) is 19.9 Å². The lowest BCUT2D eigenvalue weighted by molar-refractivity contribution is 0.183. The van der Waals surface area contributed by atoms with Crippen molar-refractivity contribution < 1.29 is 23.2 Å². The van der Waals surface area contributed by atoms with Crippen LogP contribution in [-0.2, 0) is 11.3 Å². The van der Waals surface area contributed by atoms with Crippen LogP contribution in [0, 0.1) is 12.7 Å². The largest absolute Gasteiger partial charge is 0.494 e. The van der Waals surface area contributed by atoms with Crippen LogP contribution in [0.25, 0.3) is 11.4 Å². The van der Waals surface area contributed by atoms with Crippen LogP contribution in [0.3, 0.4) is 0 Å². The first-order valence-electron chi connectivity index (χ1n) is 9.67. The van der Waals surface area contributed by atoms with Gasteiger partial charge in [0.25, 0.3) is 0 Å². The molecule has 0 bridgehead atoms. The Labute approximate surface area is 193 Å². The van der Waals surface area contributed by atoms with Gasteiger partial charge in [0.15, 0.2) is 11.6 Å². The van der Waals surface area contributed by atoms with Gasteiger partial charge >= 0.3 is 6.09 Å². The molecule has 0 aliphatic rings. The number of amides is 1. The number of carbonyl (C=O) groups excluding carboxylic acids is 1. The Kier molecular flexibility index (Phi) is 7.91. The molecule has 9 nitrogen and oxygen atoms in total. The number of aryl methyl sites for hydroxylation is 1. The lowest BCUT2D eigenvalue weighted by Crippen LogP contribution is -2.16. The number of nitrogens with zero attached hydrogens (tertiary/aromatic N) is 4. The fraction of sp³-hybridized carbons (Fsp3) is 0.227. The summed E-state index contributed by atoms with van der Waals surface area (Å²) >= 11 is 1.19. The second kappa shape index (κ2) is 10.8. The molecule has 11 heteroatoms. The number of thioether (sulfide) groups is 1. The molecule has 33 heavy (non-hydrogen) atoms. The van der Waals surface area contributed by atoms with E-state index in [9.17, 15) is 9.18 Å². The average molecular weight is 472 g/mol. The molecular formula is C22H22FN5O4S. The van der Waals surface area contributed by atoms with Crippen LogP contribution in [0.5, 0.6) is 5.75 Å². The molecule has 0 atom stereocenters. The van der Waals surface area contributed by atoms with Crippen molar-refractivity contribution in [1.82, 2.24) is 10.1 Å². The van der Waals surface area contributed by atoms with Crippen LogP contribution in [0.4, 0.5) is 14.9 Å². The van der Waals surface area contributed by atoms with Gasteiger partial charge < -0.3 is 19.7 Å².